The van der Waals surface area contributed by atoms with E-state index in [4.69, 9.17) is 5.73 Å². The van der Waals surface area contributed by atoms with Crippen LogP contribution in [0.4, 0.5) is 5.69 Å². The van der Waals surface area contributed by atoms with Gasteiger partial charge in [0.25, 0.3) is 5.91 Å². The molecule has 0 bridgehead atoms. The summed E-state index contributed by atoms with van der Waals surface area (Å²) in [6.07, 6.45) is 4.02. The third-order valence-corrected chi connectivity index (χ3v) is 4.27. The van der Waals surface area contributed by atoms with Gasteiger partial charge in [-0.1, -0.05) is 13.8 Å². The first-order chi connectivity index (χ1) is 9.58. The Labute approximate surface area is 118 Å². The highest BCUT2D eigenvalue weighted by Gasteiger charge is 2.32. The topological polar surface area (TPSA) is 62.1 Å². The summed E-state index contributed by atoms with van der Waals surface area (Å²) >= 11 is 0. The van der Waals surface area contributed by atoms with Crippen molar-refractivity contribution in [1.29, 1.82) is 0 Å². The van der Waals surface area contributed by atoms with E-state index in [1.54, 1.807) is 0 Å². The lowest BCUT2D eigenvalue weighted by Gasteiger charge is -2.27. The Morgan fingerprint density at radius 3 is 3.00 bits per heavy atom. The molecule has 1 unspecified atom stereocenters. The van der Waals surface area contributed by atoms with Gasteiger partial charge in [-0.15, -0.1) is 0 Å². The average molecular weight is 271 g/mol. The van der Waals surface area contributed by atoms with Gasteiger partial charge in [0, 0.05) is 35.4 Å². The summed E-state index contributed by atoms with van der Waals surface area (Å²) in [4.78, 5) is 18.0. The Hall–Kier alpha value is -1.97. The predicted octanol–water partition coefficient (Wildman–Crippen LogP) is 3.01. The van der Waals surface area contributed by atoms with Crippen LogP contribution in [0.15, 0.2) is 24.4 Å². The van der Waals surface area contributed by atoms with Gasteiger partial charge >= 0.3 is 0 Å². The number of H-pyrrole nitrogens is 1. The van der Waals surface area contributed by atoms with Crippen LogP contribution < -0.4 is 5.73 Å². The zero-order valence-corrected chi connectivity index (χ0v) is 12.0. The number of nitrogens with zero attached hydrogens (tertiary/aromatic N) is 1. The van der Waals surface area contributed by atoms with E-state index in [9.17, 15) is 4.79 Å². The standard InChI is InChI=1S/C16H21N3O/c1-10(2)15-4-3-7-19(15)16(20)13-9-18-14-8-11(17)5-6-12(13)14/h5-6,8-10,15,18H,3-4,7,17H2,1-2H3. The first kappa shape index (κ1) is 13.0. The van der Waals surface area contributed by atoms with E-state index in [-0.39, 0.29) is 5.91 Å². The summed E-state index contributed by atoms with van der Waals surface area (Å²) in [6, 6.07) is 6.00. The van der Waals surface area contributed by atoms with Crippen LogP contribution >= 0.6 is 0 Å². The van der Waals surface area contributed by atoms with E-state index in [2.05, 4.69) is 18.8 Å². The number of aromatic nitrogens is 1. The van der Waals surface area contributed by atoms with Crippen molar-refractivity contribution in [2.24, 2.45) is 5.92 Å². The second-order valence-electron chi connectivity index (χ2n) is 5.96. The highest BCUT2D eigenvalue weighted by molar-refractivity contribution is 6.07. The minimum absolute atomic E-state index is 0.136. The first-order valence-corrected chi connectivity index (χ1v) is 7.25. The summed E-state index contributed by atoms with van der Waals surface area (Å²) < 4.78 is 0. The number of likely N-dealkylation sites (tertiary alicyclic amines) is 1. The summed E-state index contributed by atoms with van der Waals surface area (Å²) in [5.74, 6) is 0.638. The number of benzene rings is 1. The molecule has 1 aliphatic heterocycles. The van der Waals surface area contributed by atoms with Gasteiger partial charge in [-0.3, -0.25) is 4.79 Å². The average Bonchev–Trinajstić information content (AvgIpc) is 3.03. The van der Waals surface area contributed by atoms with E-state index in [1.165, 1.54) is 0 Å². The second kappa shape index (κ2) is 4.85. The first-order valence-electron chi connectivity index (χ1n) is 7.25. The zero-order valence-electron chi connectivity index (χ0n) is 12.0. The van der Waals surface area contributed by atoms with Gasteiger partial charge in [-0.25, -0.2) is 0 Å². The Balaban J connectivity index is 1.96. The molecule has 1 aliphatic rings. The number of hydrogen-bond donors (Lipinski definition) is 2. The number of fused-ring (bicyclic) bond motifs is 1. The van der Waals surface area contributed by atoms with Crippen molar-refractivity contribution in [2.75, 3.05) is 12.3 Å². The van der Waals surface area contributed by atoms with E-state index < -0.39 is 0 Å². The lowest BCUT2D eigenvalue weighted by Crippen LogP contribution is -2.38. The quantitative estimate of drug-likeness (QED) is 0.825. The Morgan fingerprint density at radius 1 is 1.45 bits per heavy atom. The smallest absolute Gasteiger partial charge is 0.256 e. The van der Waals surface area contributed by atoms with Crippen molar-refractivity contribution >= 4 is 22.5 Å². The minimum atomic E-state index is 0.136. The Morgan fingerprint density at radius 2 is 2.25 bits per heavy atom. The SMILES string of the molecule is CC(C)C1CCCN1C(=O)c1c[nH]c2cc(N)ccc12. The highest BCUT2D eigenvalue weighted by atomic mass is 16.2. The molecule has 3 rings (SSSR count). The summed E-state index contributed by atoms with van der Waals surface area (Å²) in [5.41, 5.74) is 8.17. The molecule has 2 aromatic rings. The molecule has 4 nitrogen and oxygen atoms in total. The molecule has 1 fully saturated rings. The number of nitrogens with one attached hydrogen (secondary N) is 1. The van der Waals surface area contributed by atoms with Crippen LogP contribution in [0, 0.1) is 5.92 Å². The van der Waals surface area contributed by atoms with Gasteiger partial charge < -0.3 is 15.6 Å². The number of carbonyl (C=O) groups is 1. The summed E-state index contributed by atoms with van der Waals surface area (Å²) in [6.45, 7) is 5.24. The molecule has 2 heterocycles. The largest absolute Gasteiger partial charge is 0.399 e. The van der Waals surface area contributed by atoms with Crippen LogP contribution in [0.25, 0.3) is 10.9 Å². The molecule has 1 saturated heterocycles. The number of carbonyl (C=O) groups excluding carboxylic acids is 1. The number of rotatable bonds is 2. The molecule has 0 radical (unpaired) electrons. The molecule has 1 aromatic heterocycles. The number of nitrogen functional groups attached to an aromatic ring is 1. The van der Waals surface area contributed by atoms with Gasteiger partial charge in [-0.05, 0) is 37.0 Å². The molecule has 106 valence electrons. The molecule has 0 aliphatic carbocycles. The summed E-state index contributed by atoms with van der Waals surface area (Å²) in [7, 11) is 0. The van der Waals surface area contributed by atoms with Gasteiger partial charge in [0.15, 0.2) is 0 Å². The molecule has 3 N–H and O–H groups in total. The van der Waals surface area contributed by atoms with Crippen LogP contribution in [0.2, 0.25) is 0 Å². The highest BCUT2D eigenvalue weighted by Crippen LogP contribution is 2.28. The fourth-order valence-electron chi connectivity index (χ4n) is 3.21. The molecule has 4 heteroatoms. The number of amides is 1. The maximum Gasteiger partial charge on any atom is 0.256 e. The normalized spacial score (nSPS) is 19.1. The Kier molecular flexibility index (Phi) is 3.16. The van der Waals surface area contributed by atoms with Crippen LogP contribution in [0.3, 0.4) is 0 Å². The molecule has 1 atom stereocenters. The monoisotopic (exact) mass is 271 g/mol. The van der Waals surface area contributed by atoms with Crippen LogP contribution in [0.5, 0.6) is 0 Å². The van der Waals surface area contributed by atoms with E-state index >= 15 is 0 Å². The van der Waals surface area contributed by atoms with Gasteiger partial charge in [0.2, 0.25) is 0 Å². The van der Waals surface area contributed by atoms with Crippen molar-refractivity contribution in [2.45, 2.75) is 32.7 Å². The fourth-order valence-corrected chi connectivity index (χ4v) is 3.21. The zero-order chi connectivity index (χ0) is 14.3. The Bertz CT molecular complexity index is 644. The van der Waals surface area contributed by atoms with Crippen LogP contribution in [-0.2, 0) is 0 Å². The van der Waals surface area contributed by atoms with Gasteiger partial charge in [0.05, 0.1) is 5.56 Å². The maximum atomic E-state index is 12.8. The third-order valence-electron chi connectivity index (χ3n) is 4.27. The molecule has 20 heavy (non-hydrogen) atoms. The minimum Gasteiger partial charge on any atom is -0.399 e. The van der Waals surface area contributed by atoms with E-state index in [0.29, 0.717) is 17.6 Å². The van der Waals surface area contributed by atoms with Crippen LogP contribution in [-0.4, -0.2) is 28.4 Å². The molecular formula is C16H21N3O. The van der Waals surface area contributed by atoms with Crippen molar-refractivity contribution in [3.8, 4) is 0 Å². The summed E-state index contributed by atoms with van der Waals surface area (Å²) in [5, 5.41) is 0.957. The molecule has 1 amide bonds. The molecular weight excluding hydrogens is 250 g/mol. The predicted molar refractivity (Wildman–Crippen MR) is 81.6 cm³/mol. The van der Waals surface area contributed by atoms with E-state index in [0.717, 1.165) is 35.9 Å². The van der Waals surface area contributed by atoms with Crippen molar-refractivity contribution in [1.82, 2.24) is 9.88 Å². The number of nitrogens with two attached hydrogens (primary N) is 1. The molecule has 1 aromatic carbocycles. The van der Waals surface area contributed by atoms with Crippen molar-refractivity contribution in [3.05, 3.63) is 30.0 Å². The fraction of sp³-hybridized carbons (Fsp3) is 0.438. The number of aromatic amines is 1. The van der Waals surface area contributed by atoms with Crippen molar-refractivity contribution in [3.63, 3.8) is 0 Å². The molecule has 0 saturated carbocycles. The lowest BCUT2D eigenvalue weighted by atomic mass is 10.0. The second-order valence-corrected chi connectivity index (χ2v) is 5.96. The van der Waals surface area contributed by atoms with Gasteiger partial charge in [-0.2, -0.15) is 0 Å². The maximum absolute atomic E-state index is 12.8. The van der Waals surface area contributed by atoms with Crippen molar-refractivity contribution < 1.29 is 4.79 Å². The lowest BCUT2D eigenvalue weighted by molar-refractivity contribution is 0.0703. The van der Waals surface area contributed by atoms with Gasteiger partial charge in [0.1, 0.15) is 0 Å². The van der Waals surface area contributed by atoms with Crippen LogP contribution in [0.1, 0.15) is 37.0 Å². The molecule has 0 spiro atoms. The van der Waals surface area contributed by atoms with E-state index in [1.807, 2.05) is 29.3 Å². The third kappa shape index (κ3) is 2.05. The number of anilines is 1. The number of hydrogen-bond acceptors (Lipinski definition) is 2.